The second-order valence-corrected chi connectivity index (χ2v) is 5.16. The molecule has 17 heavy (non-hydrogen) atoms. The Kier molecular flexibility index (Phi) is 7.82. The highest BCUT2D eigenvalue weighted by Crippen LogP contribution is 2.26. The van der Waals surface area contributed by atoms with Crippen LogP contribution in [0, 0.1) is 5.92 Å². The van der Waals surface area contributed by atoms with Gasteiger partial charge in [0, 0.05) is 25.7 Å². The molecular formula is C14H29NO2. The van der Waals surface area contributed by atoms with Gasteiger partial charge in [-0.05, 0) is 45.6 Å². The van der Waals surface area contributed by atoms with Gasteiger partial charge in [0.05, 0.1) is 0 Å². The highest BCUT2D eigenvalue weighted by molar-refractivity contribution is 4.71. The van der Waals surface area contributed by atoms with Crippen molar-refractivity contribution in [1.29, 1.82) is 0 Å². The summed E-state index contributed by atoms with van der Waals surface area (Å²) in [5, 5.41) is 3.57. The van der Waals surface area contributed by atoms with Crippen LogP contribution in [0.5, 0.6) is 0 Å². The van der Waals surface area contributed by atoms with Crippen LogP contribution in [-0.4, -0.2) is 32.6 Å². The molecule has 0 amide bonds. The number of rotatable bonds is 8. The molecule has 0 saturated carbocycles. The van der Waals surface area contributed by atoms with Gasteiger partial charge in [-0.1, -0.05) is 13.3 Å². The summed E-state index contributed by atoms with van der Waals surface area (Å²) in [7, 11) is 1.76. The van der Waals surface area contributed by atoms with E-state index in [1.807, 2.05) is 0 Å². The smallest absolute Gasteiger partial charge is 0.159 e. The van der Waals surface area contributed by atoms with Crippen molar-refractivity contribution in [2.45, 2.75) is 64.7 Å². The summed E-state index contributed by atoms with van der Waals surface area (Å²) in [4.78, 5) is 0. The van der Waals surface area contributed by atoms with Crippen molar-refractivity contribution in [3.63, 3.8) is 0 Å². The number of nitrogens with one attached hydrogen (secondary N) is 1. The second kappa shape index (κ2) is 8.90. The zero-order valence-corrected chi connectivity index (χ0v) is 11.7. The predicted molar refractivity (Wildman–Crippen MR) is 71.1 cm³/mol. The predicted octanol–water partition coefficient (Wildman–Crippen LogP) is 2.94. The van der Waals surface area contributed by atoms with Crippen molar-refractivity contribution >= 4 is 0 Å². The maximum Gasteiger partial charge on any atom is 0.159 e. The third-order valence-electron chi connectivity index (χ3n) is 3.61. The van der Waals surface area contributed by atoms with Gasteiger partial charge in [0.25, 0.3) is 0 Å². The third kappa shape index (κ3) is 5.84. The maximum atomic E-state index is 5.63. The first-order valence-electron chi connectivity index (χ1n) is 7.15. The Morgan fingerprint density at radius 2 is 2.29 bits per heavy atom. The summed E-state index contributed by atoms with van der Waals surface area (Å²) in [6.07, 6.45) is 7.43. The van der Waals surface area contributed by atoms with Crippen LogP contribution >= 0.6 is 0 Å². The minimum absolute atomic E-state index is 0.0339. The van der Waals surface area contributed by atoms with E-state index in [2.05, 4.69) is 19.2 Å². The molecule has 0 aliphatic carbocycles. The summed E-state index contributed by atoms with van der Waals surface area (Å²) in [6.45, 7) is 6.52. The zero-order chi connectivity index (χ0) is 12.5. The minimum atomic E-state index is 0.0339. The summed E-state index contributed by atoms with van der Waals surface area (Å²) < 4.78 is 11.0. The van der Waals surface area contributed by atoms with Crippen LogP contribution < -0.4 is 5.32 Å². The lowest BCUT2D eigenvalue weighted by Gasteiger charge is -2.31. The Morgan fingerprint density at radius 3 is 3.00 bits per heavy atom. The van der Waals surface area contributed by atoms with Gasteiger partial charge in [0.1, 0.15) is 0 Å². The van der Waals surface area contributed by atoms with Crippen LogP contribution in [0.2, 0.25) is 0 Å². The molecule has 3 atom stereocenters. The maximum absolute atomic E-state index is 5.63. The molecule has 1 saturated heterocycles. The highest BCUT2D eigenvalue weighted by atomic mass is 16.7. The number of unbranched alkanes of at least 4 members (excludes halogenated alkanes) is 1. The molecule has 0 bridgehead atoms. The van der Waals surface area contributed by atoms with Gasteiger partial charge in [0.2, 0.25) is 0 Å². The molecular weight excluding hydrogens is 214 g/mol. The third-order valence-corrected chi connectivity index (χ3v) is 3.61. The van der Waals surface area contributed by atoms with E-state index in [0.717, 1.165) is 13.2 Å². The Bertz CT molecular complexity index is 187. The van der Waals surface area contributed by atoms with Crippen molar-refractivity contribution in [2.75, 3.05) is 20.3 Å². The first kappa shape index (κ1) is 14.9. The lowest BCUT2D eigenvalue weighted by atomic mass is 9.93. The van der Waals surface area contributed by atoms with E-state index >= 15 is 0 Å². The molecule has 3 nitrogen and oxygen atoms in total. The SMILES string of the molecule is CCCCNC(C)CCC1CCCOC1OC. The van der Waals surface area contributed by atoms with Gasteiger partial charge in [-0.25, -0.2) is 0 Å². The van der Waals surface area contributed by atoms with E-state index in [1.54, 1.807) is 7.11 Å². The average Bonchev–Trinajstić information content (AvgIpc) is 2.37. The molecule has 1 aliphatic heterocycles. The molecule has 0 aromatic carbocycles. The van der Waals surface area contributed by atoms with E-state index in [9.17, 15) is 0 Å². The molecule has 1 N–H and O–H groups in total. The lowest BCUT2D eigenvalue weighted by Crippen LogP contribution is -2.33. The van der Waals surface area contributed by atoms with Gasteiger partial charge >= 0.3 is 0 Å². The van der Waals surface area contributed by atoms with Crippen molar-refractivity contribution < 1.29 is 9.47 Å². The largest absolute Gasteiger partial charge is 0.356 e. The Hall–Kier alpha value is -0.120. The molecule has 1 rings (SSSR count). The molecule has 0 spiro atoms. The molecule has 1 heterocycles. The summed E-state index contributed by atoms with van der Waals surface area (Å²) in [5.41, 5.74) is 0. The molecule has 1 fully saturated rings. The fourth-order valence-corrected chi connectivity index (χ4v) is 2.45. The lowest BCUT2D eigenvalue weighted by molar-refractivity contribution is -0.179. The Morgan fingerprint density at radius 1 is 1.47 bits per heavy atom. The van der Waals surface area contributed by atoms with E-state index in [0.29, 0.717) is 12.0 Å². The highest BCUT2D eigenvalue weighted by Gasteiger charge is 2.25. The van der Waals surface area contributed by atoms with Gasteiger partial charge in [0.15, 0.2) is 6.29 Å². The van der Waals surface area contributed by atoms with Gasteiger partial charge < -0.3 is 14.8 Å². The molecule has 3 heteroatoms. The fraction of sp³-hybridized carbons (Fsp3) is 1.00. The van der Waals surface area contributed by atoms with E-state index in [-0.39, 0.29) is 6.29 Å². The standard InChI is InChI=1S/C14H29NO2/c1-4-5-10-15-12(2)8-9-13-7-6-11-17-14(13)16-3/h12-15H,4-11H2,1-3H3. The molecule has 0 aromatic heterocycles. The normalized spacial score (nSPS) is 27.0. The second-order valence-electron chi connectivity index (χ2n) is 5.16. The van der Waals surface area contributed by atoms with E-state index in [1.165, 1.54) is 38.5 Å². The van der Waals surface area contributed by atoms with Crippen molar-refractivity contribution in [1.82, 2.24) is 5.32 Å². The number of hydrogen-bond donors (Lipinski definition) is 1. The van der Waals surface area contributed by atoms with Crippen LogP contribution in [0.4, 0.5) is 0 Å². The van der Waals surface area contributed by atoms with Gasteiger partial charge in [-0.15, -0.1) is 0 Å². The topological polar surface area (TPSA) is 30.5 Å². The van der Waals surface area contributed by atoms with Crippen molar-refractivity contribution in [2.24, 2.45) is 5.92 Å². The molecule has 0 aromatic rings. The Labute approximate surface area is 106 Å². The van der Waals surface area contributed by atoms with E-state index in [4.69, 9.17) is 9.47 Å². The Balaban J connectivity index is 2.14. The molecule has 102 valence electrons. The first-order chi connectivity index (χ1) is 8.27. The van der Waals surface area contributed by atoms with Crippen LogP contribution in [0.15, 0.2) is 0 Å². The van der Waals surface area contributed by atoms with Crippen LogP contribution in [0.25, 0.3) is 0 Å². The summed E-state index contributed by atoms with van der Waals surface area (Å²) in [6, 6.07) is 0.612. The van der Waals surface area contributed by atoms with Crippen LogP contribution in [-0.2, 0) is 9.47 Å². The monoisotopic (exact) mass is 243 g/mol. The van der Waals surface area contributed by atoms with Crippen LogP contribution in [0.1, 0.15) is 52.4 Å². The average molecular weight is 243 g/mol. The van der Waals surface area contributed by atoms with Crippen molar-refractivity contribution in [3.8, 4) is 0 Å². The van der Waals surface area contributed by atoms with Gasteiger partial charge in [-0.3, -0.25) is 0 Å². The molecule has 0 radical (unpaired) electrons. The summed E-state index contributed by atoms with van der Waals surface area (Å²) >= 11 is 0. The minimum Gasteiger partial charge on any atom is -0.356 e. The zero-order valence-electron chi connectivity index (χ0n) is 11.7. The van der Waals surface area contributed by atoms with Crippen molar-refractivity contribution in [3.05, 3.63) is 0 Å². The van der Waals surface area contributed by atoms with Crippen LogP contribution in [0.3, 0.4) is 0 Å². The summed E-state index contributed by atoms with van der Waals surface area (Å²) in [5.74, 6) is 0.587. The fourth-order valence-electron chi connectivity index (χ4n) is 2.45. The molecule has 3 unspecified atom stereocenters. The molecule has 1 aliphatic rings. The van der Waals surface area contributed by atoms with E-state index < -0.39 is 0 Å². The number of methoxy groups -OCH3 is 1. The quantitative estimate of drug-likeness (QED) is 0.665. The van der Waals surface area contributed by atoms with Gasteiger partial charge in [-0.2, -0.15) is 0 Å². The number of ether oxygens (including phenoxy) is 2. The number of hydrogen-bond acceptors (Lipinski definition) is 3. The first-order valence-corrected chi connectivity index (χ1v) is 7.15.